The van der Waals surface area contributed by atoms with Crippen LogP contribution in [-0.4, -0.2) is 120 Å². The maximum atomic E-state index is 2.88. The number of hydrogen-bond acceptors (Lipinski definition) is 6. The fourth-order valence-electron chi connectivity index (χ4n) is 11.1. The lowest BCUT2D eigenvalue weighted by Gasteiger charge is -2.44. The Bertz CT molecular complexity index is 961. The Labute approximate surface area is 446 Å². The van der Waals surface area contributed by atoms with E-state index in [9.17, 15) is 0 Å². The highest BCUT2D eigenvalue weighted by Gasteiger charge is 2.28. The SMILES string of the molecule is CCCCCCCCCCCCN(CCCCCCCCCCCC)CCSCCN1C[C@@H](C)N(CCSCCN(CCCCCCCCCCCC)CC(C)CCCCCCCCCC)CC1C. The number of nitrogens with zero attached hydrogens (tertiary/aromatic N) is 4. The molecule has 2 unspecified atom stereocenters. The molecule has 0 aromatic carbocycles. The lowest BCUT2D eigenvalue weighted by molar-refractivity contribution is 0.0515. The molecule has 0 aromatic heterocycles. The molecule has 1 saturated heterocycles. The third-order valence-corrected chi connectivity index (χ3v) is 17.9. The van der Waals surface area contributed by atoms with Crippen molar-refractivity contribution < 1.29 is 0 Å². The van der Waals surface area contributed by atoms with E-state index in [0.29, 0.717) is 12.1 Å². The molecular weight excluding hydrogens is 877 g/mol. The molecule has 0 saturated carbocycles. The topological polar surface area (TPSA) is 13.0 Å². The van der Waals surface area contributed by atoms with E-state index >= 15 is 0 Å². The van der Waals surface area contributed by atoms with Crippen molar-refractivity contribution in [2.75, 3.05) is 88.5 Å². The van der Waals surface area contributed by atoms with Crippen LogP contribution in [0.2, 0.25) is 0 Å². The predicted octanol–water partition coefficient (Wildman–Crippen LogP) is 19.4. The molecule has 0 radical (unpaired) electrons. The first kappa shape index (κ1) is 67.6. The zero-order chi connectivity index (χ0) is 49.9. The summed E-state index contributed by atoms with van der Waals surface area (Å²) in [5.74, 6) is 6.04. The van der Waals surface area contributed by atoms with E-state index in [1.165, 1.54) is 339 Å². The van der Waals surface area contributed by atoms with Gasteiger partial charge in [0.2, 0.25) is 0 Å². The van der Waals surface area contributed by atoms with Crippen molar-refractivity contribution in [1.29, 1.82) is 0 Å². The van der Waals surface area contributed by atoms with Crippen molar-refractivity contribution in [1.82, 2.24) is 19.6 Å². The molecule has 0 amide bonds. The molecule has 0 N–H and O–H groups in total. The molecule has 0 aliphatic carbocycles. The number of unbranched alkanes of at least 4 members (excludes halogenated alkanes) is 34. The van der Waals surface area contributed by atoms with Crippen molar-refractivity contribution in [3.05, 3.63) is 0 Å². The third-order valence-electron chi connectivity index (χ3n) is 16.0. The number of hydrogen-bond donors (Lipinski definition) is 0. The molecule has 4 nitrogen and oxygen atoms in total. The summed E-state index contributed by atoms with van der Waals surface area (Å²) < 4.78 is 0. The monoisotopic (exact) mass is 1010 g/mol. The second-order valence-corrected chi connectivity index (χ2v) is 25.4. The largest absolute Gasteiger partial charge is 0.303 e. The fourth-order valence-corrected chi connectivity index (χ4v) is 13.0. The van der Waals surface area contributed by atoms with Gasteiger partial charge in [0.1, 0.15) is 0 Å². The molecule has 6 heteroatoms. The van der Waals surface area contributed by atoms with Crippen LogP contribution in [-0.2, 0) is 0 Å². The second-order valence-electron chi connectivity index (χ2n) is 23.0. The maximum Gasteiger partial charge on any atom is 0.0196 e. The van der Waals surface area contributed by atoms with Gasteiger partial charge in [-0.25, -0.2) is 0 Å². The Morgan fingerprint density at radius 2 is 0.623 bits per heavy atom. The van der Waals surface area contributed by atoms with Crippen LogP contribution in [0.4, 0.5) is 0 Å². The minimum absolute atomic E-state index is 0.675. The van der Waals surface area contributed by atoms with Crippen LogP contribution in [0.3, 0.4) is 0 Å². The van der Waals surface area contributed by atoms with Gasteiger partial charge in [0.25, 0.3) is 0 Å². The highest BCUT2D eigenvalue weighted by Crippen LogP contribution is 2.20. The first-order chi connectivity index (χ1) is 33.9. The van der Waals surface area contributed by atoms with Gasteiger partial charge in [-0.2, -0.15) is 23.5 Å². The first-order valence-electron chi connectivity index (χ1n) is 32.0. The first-order valence-corrected chi connectivity index (χ1v) is 34.3. The van der Waals surface area contributed by atoms with E-state index < -0.39 is 0 Å². The average molecular weight is 1010 g/mol. The van der Waals surface area contributed by atoms with Crippen LogP contribution in [0, 0.1) is 5.92 Å². The number of rotatable bonds is 56. The van der Waals surface area contributed by atoms with Gasteiger partial charge in [-0.05, 0) is 65.1 Å². The van der Waals surface area contributed by atoms with Gasteiger partial charge in [-0.15, -0.1) is 0 Å². The van der Waals surface area contributed by atoms with Crippen molar-refractivity contribution >= 4 is 23.5 Å². The Morgan fingerprint density at radius 3 is 0.957 bits per heavy atom. The Morgan fingerprint density at radius 1 is 0.348 bits per heavy atom. The fraction of sp³-hybridized carbons (Fsp3) is 1.00. The minimum atomic E-state index is 0.675. The van der Waals surface area contributed by atoms with Gasteiger partial charge in [0.15, 0.2) is 0 Å². The van der Waals surface area contributed by atoms with Gasteiger partial charge in [-0.1, -0.05) is 259 Å². The van der Waals surface area contributed by atoms with Gasteiger partial charge in [0, 0.05) is 80.9 Å². The van der Waals surface area contributed by atoms with Crippen molar-refractivity contribution in [3.63, 3.8) is 0 Å². The smallest absolute Gasteiger partial charge is 0.0196 e. The molecule has 0 bridgehead atoms. The van der Waals surface area contributed by atoms with Gasteiger partial charge in [-0.3, -0.25) is 9.80 Å². The normalized spacial score (nSPS) is 16.5. The molecular formula is C63H130N4S2. The molecule has 1 fully saturated rings. The van der Waals surface area contributed by atoms with Crippen molar-refractivity contribution in [3.8, 4) is 0 Å². The molecule has 1 heterocycles. The summed E-state index contributed by atoms with van der Waals surface area (Å²) in [5.41, 5.74) is 0. The third kappa shape index (κ3) is 44.5. The summed E-state index contributed by atoms with van der Waals surface area (Å²) in [4.78, 5) is 11.4. The van der Waals surface area contributed by atoms with Crippen LogP contribution >= 0.6 is 23.5 Å². The molecule has 1 aliphatic heterocycles. The summed E-state index contributed by atoms with van der Waals surface area (Å²) in [5, 5.41) is 0. The average Bonchev–Trinajstić information content (AvgIpc) is 3.34. The van der Waals surface area contributed by atoms with Crippen LogP contribution in [0.1, 0.15) is 299 Å². The van der Waals surface area contributed by atoms with Crippen LogP contribution in [0.15, 0.2) is 0 Å². The van der Waals surface area contributed by atoms with E-state index in [-0.39, 0.29) is 0 Å². The lowest BCUT2D eigenvalue weighted by atomic mass is 10.0. The highest BCUT2D eigenvalue weighted by molar-refractivity contribution is 7.99. The lowest BCUT2D eigenvalue weighted by Crippen LogP contribution is -2.57. The Hall–Kier alpha value is 0.540. The molecule has 0 spiro atoms. The zero-order valence-corrected chi connectivity index (χ0v) is 50.4. The van der Waals surface area contributed by atoms with Gasteiger partial charge >= 0.3 is 0 Å². The predicted molar refractivity (Wildman–Crippen MR) is 322 cm³/mol. The molecule has 3 atom stereocenters. The van der Waals surface area contributed by atoms with Crippen LogP contribution < -0.4 is 0 Å². The summed E-state index contributed by atoms with van der Waals surface area (Å²) in [6.07, 6.45) is 56.1. The van der Waals surface area contributed by atoms with Crippen molar-refractivity contribution in [2.24, 2.45) is 5.92 Å². The quantitative estimate of drug-likeness (QED) is 0.0559. The van der Waals surface area contributed by atoms with E-state index in [1.54, 1.807) is 0 Å². The Balaban J connectivity index is 2.41. The molecule has 0 aromatic rings. The van der Waals surface area contributed by atoms with Crippen molar-refractivity contribution in [2.45, 2.75) is 311 Å². The summed E-state index contributed by atoms with van der Waals surface area (Å²) in [6, 6.07) is 1.35. The Kier molecular flexibility index (Phi) is 52.3. The minimum Gasteiger partial charge on any atom is -0.303 e. The van der Waals surface area contributed by atoms with Crippen LogP contribution in [0.5, 0.6) is 0 Å². The molecule has 69 heavy (non-hydrogen) atoms. The number of piperazine rings is 1. The maximum absolute atomic E-state index is 2.88. The summed E-state index contributed by atoms with van der Waals surface area (Å²) >= 11 is 4.47. The number of thioether (sulfide) groups is 2. The summed E-state index contributed by atoms with van der Waals surface area (Å²) in [6.45, 7) is 29.8. The summed E-state index contributed by atoms with van der Waals surface area (Å²) in [7, 11) is 0. The van der Waals surface area contributed by atoms with Crippen LogP contribution in [0.25, 0.3) is 0 Å². The van der Waals surface area contributed by atoms with E-state index in [2.05, 4.69) is 91.6 Å². The van der Waals surface area contributed by atoms with E-state index in [1.807, 2.05) is 0 Å². The second kappa shape index (κ2) is 53.4. The molecule has 1 aliphatic rings. The standard InChI is InChI=1S/C63H130N4S2/c1-8-12-16-20-24-28-31-35-39-43-47-64(48-44-40-36-32-29-25-21-17-13-9-2)50-54-68-56-52-66-59-63(7)67(60-62(66)6)53-57-69-55-51-65(49-45-41-37-33-30-26-22-18-14-10-3)58-61(5)46-42-38-34-27-23-19-15-11-4/h61-63H,8-60H2,1-7H3/t61?,62?,63-/m1/s1. The van der Waals surface area contributed by atoms with E-state index in [4.69, 9.17) is 0 Å². The zero-order valence-electron chi connectivity index (χ0n) is 48.8. The van der Waals surface area contributed by atoms with Gasteiger partial charge in [0.05, 0.1) is 0 Å². The van der Waals surface area contributed by atoms with E-state index in [0.717, 1.165) is 5.92 Å². The van der Waals surface area contributed by atoms with Gasteiger partial charge < -0.3 is 9.80 Å². The molecule has 414 valence electrons. The highest BCUT2D eigenvalue weighted by atomic mass is 32.2. The molecule has 1 rings (SSSR count).